The Balaban J connectivity index is 0.000000203. The Bertz CT molecular complexity index is 2760. The fraction of sp³-hybridized carbons (Fsp3) is 0.217. The highest BCUT2D eigenvalue weighted by molar-refractivity contribution is 5.75. The largest absolute Gasteiger partial charge is 0.505 e. The summed E-state index contributed by atoms with van der Waals surface area (Å²) in [5, 5.41) is 67.7. The Morgan fingerprint density at radius 3 is 0.919 bits per heavy atom. The summed E-state index contributed by atoms with van der Waals surface area (Å²) in [4.78, 5) is 4.33. The SMILES string of the molecule is Cc1cc(COCCO)c(O)c(-n2nc3ccccc3n2)c1.Cc1cc(COCCOCc2cc(C)cc(-n3nc4ccccc4n3)c2O)c(O)c(-n2nc3ccccc3n2)c1. The minimum absolute atomic E-state index is 0.0501. The van der Waals surface area contributed by atoms with Gasteiger partial charge in [0.2, 0.25) is 0 Å². The molecule has 0 saturated carbocycles. The van der Waals surface area contributed by atoms with Crippen LogP contribution in [0.4, 0.5) is 0 Å². The molecule has 0 amide bonds. The molecule has 0 bridgehead atoms. The van der Waals surface area contributed by atoms with Crippen LogP contribution in [0.25, 0.3) is 50.2 Å². The summed E-state index contributed by atoms with van der Waals surface area (Å²) in [7, 11) is 0. The quantitative estimate of drug-likeness (QED) is 0.0829. The van der Waals surface area contributed by atoms with E-state index >= 15 is 0 Å². The molecule has 0 aliphatic heterocycles. The number of aromatic hydroxyl groups is 3. The number of aliphatic hydroxyl groups is 1. The molecule has 3 heterocycles. The molecule has 0 atom stereocenters. The standard InChI is InChI=1S/C30H28N6O4.C16H17N3O3/c1-19-13-21(29(37)27(15-19)35-31-23-7-3-4-8-24(23)32-35)17-39-11-12-40-18-22-14-20(2)16-28(30(22)38)36-33-25-9-5-6-10-26(25)34-36;1-11-8-12(10-22-7-6-20)16(21)15(9-11)19-17-13-4-2-3-5-14(13)18-19/h3-10,13-16,37-38H,11-12,17-18H2,1-2H3;2-5,8-9,20-21H,6-7,10H2,1H3. The predicted octanol–water partition coefficient (Wildman–Crippen LogP) is 6.86. The van der Waals surface area contributed by atoms with Gasteiger partial charge in [0.05, 0.1) is 46.2 Å². The normalized spacial score (nSPS) is 11.4. The van der Waals surface area contributed by atoms with E-state index in [9.17, 15) is 15.3 Å². The fourth-order valence-corrected chi connectivity index (χ4v) is 6.92. The summed E-state index contributed by atoms with van der Waals surface area (Å²) in [6.45, 7) is 7.23. The molecule has 16 heteroatoms. The average Bonchev–Trinajstić information content (AvgIpc) is 4.02. The number of hydrogen-bond donors (Lipinski definition) is 4. The van der Waals surface area contributed by atoms with E-state index in [-0.39, 0.29) is 50.3 Å². The number of benzene rings is 6. The van der Waals surface area contributed by atoms with Gasteiger partial charge in [0.15, 0.2) is 0 Å². The number of aromatic nitrogens is 9. The molecule has 6 aromatic carbocycles. The predicted molar refractivity (Wildman–Crippen MR) is 232 cm³/mol. The van der Waals surface area contributed by atoms with Crippen LogP contribution in [0, 0.1) is 20.8 Å². The van der Waals surface area contributed by atoms with E-state index in [1.165, 1.54) is 14.4 Å². The zero-order valence-electron chi connectivity index (χ0n) is 34.4. The van der Waals surface area contributed by atoms with Gasteiger partial charge in [-0.3, -0.25) is 0 Å². The maximum Gasteiger partial charge on any atom is 0.148 e. The summed E-state index contributed by atoms with van der Waals surface area (Å²) in [6.07, 6.45) is 0. The Kier molecular flexibility index (Phi) is 12.4. The molecule has 9 rings (SSSR count). The van der Waals surface area contributed by atoms with Gasteiger partial charge in [-0.1, -0.05) is 36.4 Å². The van der Waals surface area contributed by atoms with Crippen LogP contribution in [0.1, 0.15) is 33.4 Å². The minimum Gasteiger partial charge on any atom is -0.505 e. The third kappa shape index (κ3) is 9.23. The minimum atomic E-state index is -0.0501. The van der Waals surface area contributed by atoms with Crippen LogP contribution >= 0.6 is 0 Å². The van der Waals surface area contributed by atoms with Crippen molar-refractivity contribution in [3.8, 4) is 34.3 Å². The molecule has 0 saturated heterocycles. The third-order valence-electron chi connectivity index (χ3n) is 9.83. The summed E-state index contributed by atoms with van der Waals surface area (Å²) in [5.41, 5.74) is 10.8. The van der Waals surface area contributed by atoms with E-state index in [2.05, 4.69) is 30.6 Å². The first-order chi connectivity index (χ1) is 30.1. The van der Waals surface area contributed by atoms with Crippen molar-refractivity contribution >= 4 is 33.1 Å². The molecule has 62 heavy (non-hydrogen) atoms. The third-order valence-corrected chi connectivity index (χ3v) is 9.83. The summed E-state index contributed by atoms with van der Waals surface area (Å²) in [6, 6.07) is 33.7. The summed E-state index contributed by atoms with van der Waals surface area (Å²) in [5.74, 6) is 0.233. The molecule has 316 valence electrons. The van der Waals surface area contributed by atoms with E-state index in [4.69, 9.17) is 19.3 Å². The highest BCUT2D eigenvalue weighted by atomic mass is 16.5. The van der Waals surface area contributed by atoms with E-state index < -0.39 is 0 Å². The second kappa shape index (κ2) is 18.6. The molecule has 0 spiro atoms. The molecule has 0 aliphatic carbocycles. The molecular weight excluding hydrogens is 791 g/mol. The topological polar surface area (TPSA) is 201 Å². The lowest BCUT2D eigenvalue weighted by Crippen LogP contribution is -2.07. The molecular formula is C46H45N9O7. The Morgan fingerprint density at radius 2 is 0.661 bits per heavy atom. The Hall–Kier alpha value is -7.24. The van der Waals surface area contributed by atoms with E-state index in [0.717, 1.165) is 49.8 Å². The molecule has 0 radical (unpaired) electrons. The van der Waals surface area contributed by atoms with E-state index in [1.807, 2.05) is 130 Å². The van der Waals surface area contributed by atoms with Gasteiger partial charge >= 0.3 is 0 Å². The first-order valence-corrected chi connectivity index (χ1v) is 19.9. The number of phenols is 3. The molecule has 3 aromatic heterocycles. The second-order valence-electron chi connectivity index (χ2n) is 14.7. The molecule has 16 nitrogen and oxygen atoms in total. The van der Waals surface area contributed by atoms with Crippen LogP contribution in [0.15, 0.2) is 109 Å². The van der Waals surface area contributed by atoms with Crippen molar-refractivity contribution in [1.82, 2.24) is 45.0 Å². The van der Waals surface area contributed by atoms with Gasteiger partial charge in [-0.05, 0) is 110 Å². The highest BCUT2D eigenvalue weighted by Gasteiger charge is 2.17. The van der Waals surface area contributed by atoms with Crippen molar-refractivity contribution < 1.29 is 34.6 Å². The van der Waals surface area contributed by atoms with Crippen LogP contribution in [0.3, 0.4) is 0 Å². The number of aliphatic hydroxyl groups excluding tert-OH is 1. The van der Waals surface area contributed by atoms with Crippen LogP contribution in [0.2, 0.25) is 0 Å². The lowest BCUT2D eigenvalue weighted by atomic mass is 10.1. The molecule has 9 aromatic rings. The number of rotatable bonds is 14. The van der Waals surface area contributed by atoms with Gasteiger partial charge < -0.3 is 34.6 Å². The molecule has 0 aliphatic rings. The van der Waals surface area contributed by atoms with Crippen molar-refractivity contribution in [2.45, 2.75) is 40.6 Å². The number of aryl methyl sites for hydroxylation is 3. The fourth-order valence-electron chi connectivity index (χ4n) is 6.92. The van der Waals surface area contributed by atoms with Gasteiger partial charge in [-0.25, -0.2) is 0 Å². The summed E-state index contributed by atoms with van der Waals surface area (Å²) >= 11 is 0. The monoisotopic (exact) mass is 835 g/mol. The maximum atomic E-state index is 10.9. The number of hydrogen-bond acceptors (Lipinski definition) is 13. The van der Waals surface area contributed by atoms with E-state index in [1.54, 1.807) is 0 Å². The molecule has 4 N–H and O–H groups in total. The second-order valence-corrected chi connectivity index (χ2v) is 14.7. The smallest absolute Gasteiger partial charge is 0.148 e. The van der Waals surface area contributed by atoms with Crippen molar-refractivity contribution in [1.29, 1.82) is 0 Å². The Labute approximate surface area is 355 Å². The van der Waals surface area contributed by atoms with Gasteiger partial charge in [0.25, 0.3) is 0 Å². The number of phenolic OH excluding ortho intramolecular Hbond substituents is 3. The van der Waals surface area contributed by atoms with Gasteiger partial charge in [-0.15, -0.1) is 45.0 Å². The molecule has 0 unspecified atom stereocenters. The highest BCUT2D eigenvalue weighted by Crippen LogP contribution is 2.31. The zero-order chi connectivity index (χ0) is 43.2. The van der Waals surface area contributed by atoms with Crippen LogP contribution < -0.4 is 0 Å². The lowest BCUT2D eigenvalue weighted by molar-refractivity contribution is 0.0327. The number of nitrogens with zero attached hydrogens (tertiary/aromatic N) is 9. The van der Waals surface area contributed by atoms with Crippen molar-refractivity contribution in [3.63, 3.8) is 0 Å². The van der Waals surface area contributed by atoms with Gasteiger partial charge in [-0.2, -0.15) is 0 Å². The van der Waals surface area contributed by atoms with Crippen molar-refractivity contribution in [2.24, 2.45) is 0 Å². The number of fused-ring (bicyclic) bond motifs is 3. The van der Waals surface area contributed by atoms with Crippen molar-refractivity contribution in [2.75, 3.05) is 26.4 Å². The van der Waals surface area contributed by atoms with Crippen molar-refractivity contribution in [3.05, 3.63) is 143 Å². The van der Waals surface area contributed by atoms with Crippen LogP contribution in [-0.2, 0) is 34.0 Å². The first-order valence-electron chi connectivity index (χ1n) is 19.9. The number of ether oxygens (including phenoxy) is 3. The van der Waals surface area contributed by atoms with E-state index in [0.29, 0.717) is 47.0 Å². The van der Waals surface area contributed by atoms with Gasteiger partial charge in [0, 0.05) is 16.7 Å². The zero-order valence-corrected chi connectivity index (χ0v) is 34.4. The first kappa shape index (κ1) is 41.5. The van der Waals surface area contributed by atoms with Crippen LogP contribution in [0.5, 0.6) is 17.2 Å². The maximum absolute atomic E-state index is 10.9. The average molecular weight is 836 g/mol. The summed E-state index contributed by atoms with van der Waals surface area (Å²) < 4.78 is 16.9. The lowest BCUT2D eigenvalue weighted by Gasteiger charge is -2.13. The van der Waals surface area contributed by atoms with Gasteiger partial charge in [0.1, 0.15) is 67.4 Å². The molecule has 0 fully saturated rings. The Morgan fingerprint density at radius 1 is 0.403 bits per heavy atom. The van der Waals surface area contributed by atoms with Crippen LogP contribution in [-0.4, -0.2) is 91.8 Å².